The fourth-order valence-corrected chi connectivity index (χ4v) is 3.02. The maximum absolute atomic E-state index is 12.5. The number of carbonyl (C=O) groups is 2. The number of unbranched alkanes of at least 4 members (excludes halogenated alkanes) is 7. The summed E-state index contributed by atoms with van der Waals surface area (Å²) < 4.78 is 10.5. The first-order valence-electron chi connectivity index (χ1n) is 10.7. The monoisotopic (exact) mass is 422 g/mol. The van der Waals surface area contributed by atoms with Crippen LogP contribution in [-0.4, -0.2) is 43.7 Å². The molecule has 1 aromatic carbocycles. The summed E-state index contributed by atoms with van der Waals surface area (Å²) in [5.74, 6) is -1.03. The second-order valence-electron chi connectivity index (χ2n) is 7.16. The number of nitro benzene ring substituents is 1. The molecule has 0 N–H and O–H groups in total. The first-order valence-corrected chi connectivity index (χ1v) is 10.7. The van der Waals surface area contributed by atoms with Gasteiger partial charge in [-0.1, -0.05) is 51.9 Å². The van der Waals surface area contributed by atoms with Crippen molar-refractivity contribution >= 4 is 23.3 Å². The molecule has 0 heterocycles. The lowest BCUT2D eigenvalue weighted by Gasteiger charge is -2.20. The van der Waals surface area contributed by atoms with Gasteiger partial charge in [0.15, 0.2) is 0 Å². The Labute approximate surface area is 178 Å². The molecule has 0 saturated carbocycles. The lowest BCUT2D eigenvalue weighted by molar-refractivity contribution is -0.384. The minimum absolute atomic E-state index is 0.0985. The van der Waals surface area contributed by atoms with E-state index in [4.69, 9.17) is 9.47 Å². The van der Waals surface area contributed by atoms with Crippen molar-refractivity contribution < 1.29 is 24.0 Å². The van der Waals surface area contributed by atoms with E-state index in [1.54, 1.807) is 6.92 Å². The van der Waals surface area contributed by atoms with E-state index in [0.717, 1.165) is 19.3 Å². The molecule has 0 spiro atoms. The standard InChI is InChI=1S/C22H34N2O6/c1-4-6-7-8-9-10-11-12-15-29-17-21(25)23(3)20-16-18(24(27)28)13-14-19(20)22(26)30-5-2/h13-14,16H,4-12,15,17H2,1-3H3. The van der Waals surface area contributed by atoms with Crippen LogP contribution in [0, 0.1) is 10.1 Å². The van der Waals surface area contributed by atoms with Gasteiger partial charge in [-0.05, 0) is 19.4 Å². The number of rotatable bonds is 15. The van der Waals surface area contributed by atoms with Crippen molar-refractivity contribution in [3.8, 4) is 0 Å². The third-order valence-electron chi connectivity index (χ3n) is 4.79. The van der Waals surface area contributed by atoms with Crippen LogP contribution in [-0.2, 0) is 14.3 Å². The Bertz CT molecular complexity index is 692. The molecule has 0 aliphatic rings. The SMILES string of the molecule is CCCCCCCCCCOCC(=O)N(C)c1cc([N+](=O)[O-])ccc1C(=O)OCC. The van der Waals surface area contributed by atoms with E-state index >= 15 is 0 Å². The Morgan fingerprint density at radius 1 is 1.03 bits per heavy atom. The lowest BCUT2D eigenvalue weighted by atomic mass is 10.1. The number of esters is 1. The van der Waals surface area contributed by atoms with Gasteiger partial charge in [-0.3, -0.25) is 14.9 Å². The van der Waals surface area contributed by atoms with Gasteiger partial charge in [0, 0.05) is 25.8 Å². The Morgan fingerprint density at radius 3 is 2.27 bits per heavy atom. The van der Waals surface area contributed by atoms with Crippen molar-refractivity contribution in [2.45, 2.75) is 65.2 Å². The van der Waals surface area contributed by atoms with Crippen molar-refractivity contribution in [1.82, 2.24) is 0 Å². The van der Waals surface area contributed by atoms with E-state index in [1.807, 2.05) is 0 Å². The van der Waals surface area contributed by atoms with Crippen LogP contribution < -0.4 is 4.90 Å². The molecular formula is C22H34N2O6. The second-order valence-corrected chi connectivity index (χ2v) is 7.16. The maximum Gasteiger partial charge on any atom is 0.340 e. The number of carbonyl (C=O) groups excluding carboxylic acids is 2. The summed E-state index contributed by atoms with van der Waals surface area (Å²) in [6, 6.07) is 3.71. The maximum atomic E-state index is 12.5. The van der Waals surface area contributed by atoms with E-state index in [2.05, 4.69) is 6.92 Å². The number of ether oxygens (including phenoxy) is 2. The van der Waals surface area contributed by atoms with Crippen molar-refractivity contribution in [2.75, 3.05) is 31.8 Å². The van der Waals surface area contributed by atoms with Crippen molar-refractivity contribution in [2.24, 2.45) is 0 Å². The van der Waals surface area contributed by atoms with Crippen LogP contribution in [0.2, 0.25) is 0 Å². The number of amides is 1. The molecule has 1 amide bonds. The fourth-order valence-electron chi connectivity index (χ4n) is 3.02. The molecule has 0 aliphatic heterocycles. The topological polar surface area (TPSA) is 99.0 Å². The van der Waals surface area contributed by atoms with Gasteiger partial charge >= 0.3 is 5.97 Å². The van der Waals surface area contributed by atoms with Crippen LogP contribution in [0.25, 0.3) is 0 Å². The molecule has 0 unspecified atom stereocenters. The molecule has 1 rings (SSSR count). The molecule has 30 heavy (non-hydrogen) atoms. The third kappa shape index (κ3) is 8.90. The highest BCUT2D eigenvalue weighted by molar-refractivity contribution is 6.03. The van der Waals surface area contributed by atoms with E-state index in [9.17, 15) is 19.7 Å². The predicted octanol–water partition coefficient (Wildman–Crippen LogP) is 4.89. The zero-order valence-corrected chi connectivity index (χ0v) is 18.4. The molecule has 0 aliphatic carbocycles. The number of non-ortho nitro benzene ring substituents is 1. The van der Waals surface area contributed by atoms with Crippen molar-refractivity contribution in [3.05, 3.63) is 33.9 Å². The highest BCUT2D eigenvalue weighted by atomic mass is 16.6. The molecule has 168 valence electrons. The summed E-state index contributed by atoms with van der Waals surface area (Å²) in [5.41, 5.74) is 0.0160. The summed E-state index contributed by atoms with van der Waals surface area (Å²) in [6.07, 6.45) is 9.44. The minimum Gasteiger partial charge on any atom is -0.462 e. The predicted molar refractivity (Wildman–Crippen MR) is 116 cm³/mol. The highest BCUT2D eigenvalue weighted by Crippen LogP contribution is 2.26. The average Bonchev–Trinajstić information content (AvgIpc) is 2.74. The second kappa shape index (κ2) is 14.5. The first-order chi connectivity index (χ1) is 14.4. The van der Waals surface area contributed by atoms with Gasteiger partial charge in [0.2, 0.25) is 0 Å². The smallest absolute Gasteiger partial charge is 0.340 e. The summed E-state index contributed by atoms with van der Waals surface area (Å²) in [6.45, 7) is 4.35. The molecule has 0 radical (unpaired) electrons. The van der Waals surface area contributed by atoms with E-state index in [-0.39, 0.29) is 36.1 Å². The molecule has 0 saturated heterocycles. The molecule has 0 bridgehead atoms. The Morgan fingerprint density at radius 2 is 1.67 bits per heavy atom. The van der Waals surface area contributed by atoms with Gasteiger partial charge in [0.05, 0.1) is 22.8 Å². The van der Waals surface area contributed by atoms with Crippen LogP contribution in [0.5, 0.6) is 0 Å². The molecule has 0 fully saturated rings. The zero-order chi connectivity index (χ0) is 22.4. The van der Waals surface area contributed by atoms with Gasteiger partial charge in [0.25, 0.3) is 11.6 Å². The van der Waals surface area contributed by atoms with Crippen molar-refractivity contribution in [3.63, 3.8) is 0 Å². The van der Waals surface area contributed by atoms with Crippen LogP contribution in [0.4, 0.5) is 11.4 Å². The lowest BCUT2D eigenvalue weighted by Crippen LogP contribution is -2.31. The van der Waals surface area contributed by atoms with Gasteiger partial charge < -0.3 is 14.4 Å². The number of likely N-dealkylation sites (N-methyl/N-ethyl adjacent to an activating group) is 1. The summed E-state index contributed by atoms with van der Waals surface area (Å²) >= 11 is 0. The summed E-state index contributed by atoms with van der Waals surface area (Å²) in [4.78, 5) is 36.3. The largest absolute Gasteiger partial charge is 0.462 e. The number of hydrogen-bond acceptors (Lipinski definition) is 6. The van der Waals surface area contributed by atoms with Gasteiger partial charge in [-0.15, -0.1) is 0 Å². The van der Waals surface area contributed by atoms with Gasteiger partial charge in [-0.25, -0.2) is 4.79 Å². The van der Waals surface area contributed by atoms with Gasteiger partial charge in [0.1, 0.15) is 6.61 Å². The zero-order valence-electron chi connectivity index (χ0n) is 18.4. The Kier molecular flexibility index (Phi) is 12.3. The molecule has 8 nitrogen and oxygen atoms in total. The highest BCUT2D eigenvalue weighted by Gasteiger charge is 2.22. The van der Waals surface area contributed by atoms with Gasteiger partial charge in [-0.2, -0.15) is 0 Å². The Balaban J connectivity index is 2.54. The first kappa shape index (κ1) is 25.6. The molecule has 1 aromatic rings. The van der Waals surface area contributed by atoms with Crippen LogP contribution in [0.15, 0.2) is 18.2 Å². The quantitative estimate of drug-likeness (QED) is 0.173. The number of hydrogen-bond donors (Lipinski definition) is 0. The number of nitrogens with zero attached hydrogens (tertiary/aromatic N) is 2. The average molecular weight is 423 g/mol. The third-order valence-corrected chi connectivity index (χ3v) is 4.79. The molecular weight excluding hydrogens is 388 g/mol. The number of anilines is 1. The minimum atomic E-state index is -0.637. The normalized spacial score (nSPS) is 10.6. The van der Waals surface area contributed by atoms with E-state index < -0.39 is 10.9 Å². The Hall–Kier alpha value is -2.48. The van der Waals surface area contributed by atoms with Crippen LogP contribution in [0.3, 0.4) is 0 Å². The van der Waals surface area contributed by atoms with E-state index in [1.165, 1.54) is 62.3 Å². The van der Waals surface area contributed by atoms with Crippen LogP contribution >= 0.6 is 0 Å². The van der Waals surface area contributed by atoms with Crippen molar-refractivity contribution in [1.29, 1.82) is 0 Å². The van der Waals surface area contributed by atoms with E-state index in [0.29, 0.717) is 6.61 Å². The number of nitro groups is 1. The molecule has 8 heteroatoms. The summed E-state index contributed by atoms with van der Waals surface area (Å²) in [5, 5.41) is 11.1. The fraction of sp³-hybridized carbons (Fsp3) is 0.636. The molecule has 0 aromatic heterocycles. The summed E-state index contributed by atoms with van der Waals surface area (Å²) in [7, 11) is 1.46. The molecule has 0 atom stereocenters. The number of benzene rings is 1. The van der Waals surface area contributed by atoms with Crippen LogP contribution in [0.1, 0.15) is 75.6 Å².